The molecule has 0 N–H and O–H groups in total. The number of halogens is 2. The summed E-state index contributed by atoms with van der Waals surface area (Å²) in [6.45, 7) is 1.33. The minimum Gasteiger partial charge on any atom is -0.465 e. The smallest absolute Gasteiger partial charge is 0.337 e. The van der Waals surface area contributed by atoms with Gasteiger partial charge in [0.15, 0.2) is 0 Å². The fraction of sp³-hybridized carbons (Fsp3) is 0.182. The van der Waals surface area contributed by atoms with Crippen LogP contribution in [-0.2, 0) is 4.74 Å². The van der Waals surface area contributed by atoms with Crippen molar-refractivity contribution in [2.45, 2.75) is 18.9 Å². The van der Waals surface area contributed by atoms with E-state index in [2.05, 4.69) is 27.8 Å². The van der Waals surface area contributed by atoms with Gasteiger partial charge < -0.3 is 19.3 Å². The van der Waals surface area contributed by atoms with E-state index in [-0.39, 0.29) is 22.6 Å². The summed E-state index contributed by atoms with van der Waals surface area (Å²) in [6, 6.07) is 21.8. The Hall–Kier alpha value is -4.51. The maximum atomic E-state index is 13.9. The molecule has 0 spiro atoms. The highest BCUT2D eigenvalue weighted by atomic mass is 35.5. The van der Waals surface area contributed by atoms with E-state index < -0.39 is 5.97 Å². The van der Waals surface area contributed by atoms with Crippen LogP contribution < -0.4 is 14.5 Å². The van der Waals surface area contributed by atoms with Crippen LogP contribution in [0.2, 0.25) is 10.0 Å². The van der Waals surface area contributed by atoms with Crippen LogP contribution >= 0.6 is 23.2 Å². The van der Waals surface area contributed by atoms with Gasteiger partial charge in [0.1, 0.15) is 11.3 Å². The number of benzene rings is 3. The molecule has 42 heavy (non-hydrogen) atoms. The normalized spacial score (nSPS) is 14.0. The number of rotatable bonds is 5. The minimum absolute atomic E-state index is 0.132. The molecular weight excluding hydrogens is 573 g/mol. The molecule has 2 aliphatic rings. The van der Waals surface area contributed by atoms with Crippen LogP contribution in [0.25, 0.3) is 0 Å². The van der Waals surface area contributed by atoms with Crippen molar-refractivity contribution in [3.8, 4) is 23.5 Å². The lowest BCUT2D eigenvalue weighted by molar-refractivity contribution is 0.0600. The first-order valence-electron chi connectivity index (χ1n) is 13.4. The summed E-state index contributed by atoms with van der Waals surface area (Å²) >= 11 is 13.1. The summed E-state index contributed by atoms with van der Waals surface area (Å²) in [6.07, 6.45) is 3.92. The molecular formula is C33H25Cl2N3O4. The highest BCUT2D eigenvalue weighted by Gasteiger charge is 2.36. The van der Waals surface area contributed by atoms with Crippen LogP contribution in [0.15, 0.2) is 79.0 Å². The first-order valence-corrected chi connectivity index (χ1v) is 14.2. The van der Waals surface area contributed by atoms with Gasteiger partial charge in [-0.2, -0.15) is 0 Å². The number of aromatic nitrogens is 1. The summed E-state index contributed by atoms with van der Waals surface area (Å²) in [5.74, 6) is 5.78. The number of hydrogen-bond donors (Lipinski definition) is 0. The van der Waals surface area contributed by atoms with Crippen LogP contribution in [0, 0.1) is 11.8 Å². The van der Waals surface area contributed by atoms with Gasteiger partial charge in [0.2, 0.25) is 5.88 Å². The summed E-state index contributed by atoms with van der Waals surface area (Å²) < 4.78 is 10.8. The summed E-state index contributed by atoms with van der Waals surface area (Å²) in [7, 11) is 1.33. The average molecular weight is 598 g/mol. The number of fused-ring (bicyclic) bond motifs is 1. The van der Waals surface area contributed by atoms with Crippen LogP contribution in [0.5, 0.6) is 11.6 Å². The summed E-state index contributed by atoms with van der Waals surface area (Å²) in [4.78, 5) is 34.0. The standard InChI is InChI=1S/C33H25Cl2N3O4/c1-41-33(40)22-11-8-21(9-12-22)10-13-23-19-27(35)30(20-26(23)34)42-31-25(5-4-16-36-31)32(39)38-18-17-37(24-14-15-24)28-6-2-3-7-29(28)38/h2-9,11-12,16,19-20,24H,14-15,17-18H2,1H3. The van der Waals surface area contributed by atoms with Crippen molar-refractivity contribution in [3.63, 3.8) is 0 Å². The number of carbonyl (C=O) groups is 2. The maximum absolute atomic E-state index is 13.9. The van der Waals surface area contributed by atoms with E-state index >= 15 is 0 Å². The molecule has 210 valence electrons. The number of para-hydroxylation sites is 2. The zero-order chi connectivity index (χ0) is 29.2. The predicted molar refractivity (Wildman–Crippen MR) is 163 cm³/mol. The highest BCUT2D eigenvalue weighted by molar-refractivity contribution is 6.35. The van der Waals surface area contributed by atoms with Gasteiger partial charge >= 0.3 is 5.97 Å². The van der Waals surface area contributed by atoms with Crippen molar-refractivity contribution < 1.29 is 19.1 Å². The molecule has 1 amide bonds. The minimum atomic E-state index is -0.418. The molecule has 1 fully saturated rings. The molecule has 3 aromatic carbocycles. The van der Waals surface area contributed by atoms with Gasteiger partial charge in [-0.25, -0.2) is 9.78 Å². The van der Waals surface area contributed by atoms with E-state index in [1.807, 2.05) is 18.2 Å². The molecule has 0 unspecified atom stereocenters. The monoisotopic (exact) mass is 597 g/mol. The first-order chi connectivity index (χ1) is 20.4. The molecule has 1 aliphatic heterocycles. The number of amides is 1. The SMILES string of the molecule is COC(=O)c1ccc(C#Cc2cc(Cl)c(Oc3ncccc3C(=O)N3CCN(C4CC4)c4ccccc43)cc2Cl)cc1. The number of esters is 1. The molecule has 0 atom stereocenters. The Morgan fingerprint density at radius 3 is 2.40 bits per heavy atom. The van der Waals surface area contributed by atoms with Crippen LogP contribution in [0.1, 0.15) is 44.7 Å². The van der Waals surface area contributed by atoms with E-state index in [1.165, 1.54) is 20.0 Å². The van der Waals surface area contributed by atoms with Crippen LogP contribution in [0.3, 0.4) is 0 Å². The molecule has 1 aromatic heterocycles. The third-order valence-electron chi connectivity index (χ3n) is 7.16. The van der Waals surface area contributed by atoms with Gasteiger partial charge in [-0.15, -0.1) is 0 Å². The third kappa shape index (κ3) is 5.64. The molecule has 7 nitrogen and oxygen atoms in total. The Balaban J connectivity index is 1.23. The van der Waals surface area contributed by atoms with E-state index in [0.717, 1.165) is 17.9 Å². The Morgan fingerprint density at radius 1 is 0.905 bits per heavy atom. The fourth-order valence-corrected chi connectivity index (χ4v) is 5.30. The first kappa shape index (κ1) is 27.6. The molecule has 0 radical (unpaired) electrons. The second kappa shape index (κ2) is 11.8. The quantitative estimate of drug-likeness (QED) is 0.182. The van der Waals surface area contributed by atoms with Crippen molar-refractivity contribution in [1.29, 1.82) is 0 Å². The zero-order valence-electron chi connectivity index (χ0n) is 22.6. The number of carbonyl (C=O) groups excluding carboxylic acids is 2. The molecule has 0 bridgehead atoms. The average Bonchev–Trinajstić information content (AvgIpc) is 3.87. The Bertz CT molecular complexity index is 1740. The molecule has 9 heteroatoms. The summed E-state index contributed by atoms with van der Waals surface area (Å²) in [5.41, 5.74) is 3.87. The number of pyridine rings is 1. The maximum Gasteiger partial charge on any atom is 0.337 e. The van der Waals surface area contributed by atoms with Crippen molar-refractivity contribution in [2.24, 2.45) is 0 Å². The Labute approximate surface area is 253 Å². The molecule has 4 aromatic rings. The second-order valence-corrected chi connectivity index (χ2v) is 10.7. The van der Waals surface area contributed by atoms with Crippen molar-refractivity contribution in [3.05, 3.63) is 111 Å². The van der Waals surface area contributed by atoms with Gasteiger partial charge in [-0.05, 0) is 67.4 Å². The highest BCUT2D eigenvalue weighted by Crippen LogP contribution is 2.41. The number of ether oxygens (including phenoxy) is 2. The topological polar surface area (TPSA) is 72.0 Å². The van der Waals surface area contributed by atoms with Gasteiger partial charge in [0, 0.05) is 42.5 Å². The van der Waals surface area contributed by atoms with Crippen LogP contribution in [-0.4, -0.2) is 43.1 Å². The van der Waals surface area contributed by atoms with Gasteiger partial charge in [-0.3, -0.25) is 4.79 Å². The molecule has 1 saturated carbocycles. The molecule has 2 heterocycles. The Morgan fingerprint density at radius 2 is 1.67 bits per heavy atom. The molecule has 0 saturated heterocycles. The van der Waals surface area contributed by atoms with E-state index in [9.17, 15) is 9.59 Å². The van der Waals surface area contributed by atoms with Gasteiger partial charge in [0.05, 0.1) is 34.1 Å². The van der Waals surface area contributed by atoms with Crippen molar-refractivity contribution in [2.75, 3.05) is 30.0 Å². The second-order valence-electron chi connectivity index (χ2n) is 9.91. The molecule has 6 rings (SSSR count). The zero-order valence-corrected chi connectivity index (χ0v) is 24.2. The molecule has 1 aliphatic carbocycles. The predicted octanol–water partition coefficient (Wildman–Crippen LogP) is 7.00. The third-order valence-corrected chi connectivity index (χ3v) is 7.76. The van der Waals surface area contributed by atoms with Crippen LogP contribution in [0.4, 0.5) is 11.4 Å². The lowest BCUT2D eigenvalue weighted by Gasteiger charge is -2.38. The van der Waals surface area contributed by atoms with Gasteiger partial charge in [0.25, 0.3) is 5.91 Å². The number of nitrogens with zero attached hydrogens (tertiary/aromatic N) is 3. The Kier molecular flexibility index (Phi) is 7.75. The summed E-state index contributed by atoms with van der Waals surface area (Å²) in [5, 5.41) is 0.583. The van der Waals surface area contributed by atoms with E-state index in [0.29, 0.717) is 39.9 Å². The lowest BCUT2D eigenvalue weighted by atomic mass is 10.1. The van der Waals surface area contributed by atoms with Crippen molar-refractivity contribution >= 4 is 46.5 Å². The van der Waals surface area contributed by atoms with Gasteiger partial charge in [-0.1, -0.05) is 47.2 Å². The van der Waals surface area contributed by atoms with E-state index in [4.69, 9.17) is 32.7 Å². The largest absolute Gasteiger partial charge is 0.465 e. The number of hydrogen-bond acceptors (Lipinski definition) is 6. The number of anilines is 2. The van der Waals surface area contributed by atoms with E-state index in [1.54, 1.807) is 59.6 Å². The number of methoxy groups -OCH3 is 1. The van der Waals surface area contributed by atoms with Crippen molar-refractivity contribution in [1.82, 2.24) is 4.98 Å². The lowest BCUT2D eigenvalue weighted by Crippen LogP contribution is -2.45. The fourth-order valence-electron chi connectivity index (χ4n) is 4.89.